The highest BCUT2D eigenvalue weighted by molar-refractivity contribution is 6.30. The summed E-state index contributed by atoms with van der Waals surface area (Å²) in [5, 5.41) is 10.9. The van der Waals surface area contributed by atoms with E-state index in [1.54, 1.807) is 30.2 Å². The third kappa shape index (κ3) is 4.09. The molecule has 0 aliphatic heterocycles. The van der Waals surface area contributed by atoms with E-state index in [0.29, 0.717) is 11.6 Å². The summed E-state index contributed by atoms with van der Waals surface area (Å²) in [4.78, 5) is 13.6. The second-order valence-electron chi connectivity index (χ2n) is 5.51. The molecule has 0 heterocycles. The molecule has 3 nitrogen and oxygen atoms in total. The summed E-state index contributed by atoms with van der Waals surface area (Å²) in [5.74, 6) is -0.106. The molecule has 0 atom stereocenters. The van der Waals surface area contributed by atoms with Crippen LogP contribution in [0.2, 0.25) is 5.02 Å². The molecule has 2 rings (SSSR count). The minimum atomic E-state index is -0.700. The minimum Gasteiger partial charge on any atom is -0.388 e. The lowest BCUT2D eigenvalue weighted by Crippen LogP contribution is -2.41. The number of carbonyl (C=O) groups excluding carboxylic acids is 1. The number of likely N-dealkylation sites (N-methyl/N-ethyl adjacent to an activating group) is 1. The first kappa shape index (κ1) is 15.1. The van der Waals surface area contributed by atoms with E-state index in [1.807, 2.05) is 12.1 Å². The zero-order chi connectivity index (χ0) is 14.6. The van der Waals surface area contributed by atoms with Gasteiger partial charge in [-0.05, 0) is 36.6 Å². The van der Waals surface area contributed by atoms with Crippen molar-refractivity contribution in [2.75, 3.05) is 13.6 Å². The fourth-order valence-electron chi connectivity index (χ4n) is 2.62. The van der Waals surface area contributed by atoms with Crippen molar-refractivity contribution >= 4 is 23.6 Å². The lowest BCUT2D eigenvalue weighted by molar-refractivity contribution is -0.127. The van der Waals surface area contributed by atoms with Crippen LogP contribution in [0.1, 0.15) is 31.2 Å². The molecule has 1 aliphatic carbocycles. The maximum absolute atomic E-state index is 12.0. The molecule has 0 aromatic heterocycles. The van der Waals surface area contributed by atoms with Crippen LogP contribution >= 0.6 is 11.6 Å². The zero-order valence-electron chi connectivity index (χ0n) is 11.7. The molecule has 20 heavy (non-hydrogen) atoms. The van der Waals surface area contributed by atoms with E-state index in [0.717, 1.165) is 31.2 Å². The Morgan fingerprint density at radius 1 is 1.45 bits per heavy atom. The number of hydrogen-bond donors (Lipinski definition) is 1. The van der Waals surface area contributed by atoms with Crippen LogP contribution in [0.5, 0.6) is 0 Å². The number of amides is 1. The van der Waals surface area contributed by atoms with E-state index < -0.39 is 5.60 Å². The number of benzene rings is 1. The van der Waals surface area contributed by atoms with E-state index in [2.05, 4.69) is 0 Å². The lowest BCUT2D eigenvalue weighted by Gasteiger charge is -2.27. The first-order valence-electron chi connectivity index (χ1n) is 6.90. The number of aliphatic hydroxyl groups is 1. The monoisotopic (exact) mass is 293 g/mol. The molecule has 0 bridgehead atoms. The molecule has 1 aromatic carbocycles. The highest BCUT2D eigenvalue weighted by Crippen LogP contribution is 2.29. The van der Waals surface area contributed by atoms with Crippen molar-refractivity contribution in [2.45, 2.75) is 31.3 Å². The predicted octanol–water partition coefficient (Wildman–Crippen LogP) is 3.12. The third-order valence-corrected chi connectivity index (χ3v) is 3.94. The molecule has 1 aromatic rings. The molecule has 4 heteroatoms. The van der Waals surface area contributed by atoms with Crippen molar-refractivity contribution in [3.8, 4) is 0 Å². The van der Waals surface area contributed by atoms with Crippen molar-refractivity contribution in [2.24, 2.45) is 0 Å². The molecular formula is C16H20ClNO2. The van der Waals surface area contributed by atoms with E-state index in [4.69, 9.17) is 11.6 Å². The average molecular weight is 294 g/mol. The Hall–Kier alpha value is -1.32. The second kappa shape index (κ2) is 6.42. The topological polar surface area (TPSA) is 40.5 Å². The summed E-state index contributed by atoms with van der Waals surface area (Å²) in [5.41, 5.74) is 0.188. The molecule has 1 fully saturated rings. The van der Waals surface area contributed by atoms with Gasteiger partial charge in [-0.2, -0.15) is 0 Å². The van der Waals surface area contributed by atoms with Crippen LogP contribution in [0.15, 0.2) is 30.3 Å². The maximum Gasteiger partial charge on any atom is 0.246 e. The van der Waals surface area contributed by atoms with Gasteiger partial charge in [0.1, 0.15) is 0 Å². The SMILES string of the molecule is CN(CC1(O)CCCC1)C(=O)/C=C/c1cccc(Cl)c1. The summed E-state index contributed by atoms with van der Waals surface area (Å²) in [7, 11) is 1.72. The summed E-state index contributed by atoms with van der Waals surface area (Å²) in [6, 6.07) is 7.33. The summed E-state index contributed by atoms with van der Waals surface area (Å²) >= 11 is 5.89. The van der Waals surface area contributed by atoms with E-state index in [9.17, 15) is 9.90 Å². The molecule has 1 aliphatic rings. The number of rotatable bonds is 4. The first-order chi connectivity index (χ1) is 9.48. The van der Waals surface area contributed by atoms with E-state index in [-0.39, 0.29) is 5.91 Å². The van der Waals surface area contributed by atoms with Gasteiger partial charge in [0.05, 0.1) is 5.60 Å². The van der Waals surface area contributed by atoms with Gasteiger partial charge in [-0.3, -0.25) is 4.79 Å². The number of hydrogen-bond acceptors (Lipinski definition) is 2. The molecule has 0 spiro atoms. The highest BCUT2D eigenvalue weighted by atomic mass is 35.5. The van der Waals surface area contributed by atoms with Crippen molar-refractivity contribution < 1.29 is 9.90 Å². The summed E-state index contributed by atoms with van der Waals surface area (Å²) in [6.45, 7) is 0.395. The Labute approximate surface area is 124 Å². The highest BCUT2D eigenvalue weighted by Gasteiger charge is 2.32. The second-order valence-corrected chi connectivity index (χ2v) is 5.95. The van der Waals surface area contributed by atoms with E-state index >= 15 is 0 Å². The smallest absolute Gasteiger partial charge is 0.246 e. The fraction of sp³-hybridized carbons (Fsp3) is 0.438. The zero-order valence-corrected chi connectivity index (χ0v) is 12.4. The van der Waals surface area contributed by atoms with Crippen LogP contribution in [0, 0.1) is 0 Å². The molecule has 0 saturated heterocycles. The van der Waals surface area contributed by atoms with Gasteiger partial charge in [-0.15, -0.1) is 0 Å². The summed E-state index contributed by atoms with van der Waals surface area (Å²) in [6.07, 6.45) is 6.90. The number of halogens is 1. The van der Waals surface area contributed by atoms with Gasteiger partial charge >= 0.3 is 0 Å². The van der Waals surface area contributed by atoms with Crippen LogP contribution in [0.3, 0.4) is 0 Å². The predicted molar refractivity (Wildman–Crippen MR) is 81.5 cm³/mol. The van der Waals surface area contributed by atoms with Crippen molar-refractivity contribution in [1.29, 1.82) is 0 Å². The van der Waals surface area contributed by atoms with Crippen molar-refractivity contribution in [3.05, 3.63) is 40.9 Å². The molecule has 1 N–H and O–H groups in total. The van der Waals surface area contributed by atoms with Crippen molar-refractivity contribution in [1.82, 2.24) is 4.90 Å². The first-order valence-corrected chi connectivity index (χ1v) is 7.27. The minimum absolute atomic E-state index is 0.106. The Kier molecular flexibility index (Phi) is 4.84. The standard InChI is InChI=1S/C16H20ClNO2/c1-18(12-16(20)9-2-3-10-16)15(19)8-7-13-5-4-6-14(17)11-13/h4-8,11,20H,2-3,9-10,12H2,1H3/b8-7+. The number of carbonyl (C=O) groups is 1. The molecular weight excluding hydrogens is 274 g/mol. The van der Waals surface area contributed by atoms with Gasteiger partial charge in [0, 0.05) is 24.7 Å². The average Bonchev–Trinajstić information content (AvgIpc) is 2.82. The Balaban J connectivity index is 1.93. The normalized spacial score (nSPS) is 17.6. The molecule has 108 valence electrons. The largest absolute Gasteiger partial charge is 0.388 e. The van der Waals surface area contributed by atoms with Crippen LogP contribution < -0.4 is 0 Å². The van der Waals surface area contributed by atoms with Crippen LogP contribution in [0.25, 0.3) is 6.08 Å². The van der Waals surface area contributed by atoms with Crippen LogP contribution in [-0.4, -0.2) is 35.1 Å². The Bertz CT molecular complexity index is 507. The van der Waals surface area contributed by atoms with Gasteiger partial charge in [-0.25, -0.2) is 0 Å². The summed E-state index contributed by atoms with van der Waals surface area (Å²) < 4.78 is 0. The van der Waals surface area contributed by atoms with E-state index in [1.165, 1.54) is 6.08 Å². The molecule has 1 amide bonds. The molecule has 0 unspecified atom stereocenters. The molecule has 0 radical (unpaired) electrons. The Morgan fingerprint density at radius 3 is 2.80 bits per heavy atom. The van der Waals surface area contributed by atoms with Gasteiger partial charge < -0.3 is 10.0 Å². The quantitative estimate of drug-likeness (QED) is 0.867. The van der Waals surface area contributed by atoms with Crippen LogP contribution in [0.4, 0.5) is 0 Å². The van der Waals surface area contributed by atoms with Gasteiger partial charge in [0.2, 0.25) is 5.91 Å². The van der Waals surface area contributed by atoms with Gasteiger partial charge in [0.25, 0.3) is 0 Å². The number of nitrogens with zero attached hydrogens (tertiary/aromatic N) is 1. The third-order valence-electron chi connectivity index (χ3n) is 3.71. The maximum atomic E-state index is 12.0. The Morgan fingerprint density at radius 2 is 2.15 bits per heavy atom. The van der Waals surface area contributed by atoms with Crippen LogP contribution in [-0.2, 0) is 4.79 Å². The van der Waals surface area contributed by atoms with Crippen molar-refractivity contribution in [3.63, 3.8) is 0 Å². The lowest BCUT2D eigenvalue weighted by atomic mass is 10.0. The van der Waals surface area contributed by atoms with Gasteiger partial charge in [0.15, 0.2) is 0 Å². The molecule has 1 saturated carbocycles. The fourth-order valence-corrected chi connectivity index (χ4v) is 2.81. The van der Waals surface area contributed by atoms with Gasteiger partial charge in [-0.1, -0.05) is 36.6 Å².